The van der Waals surface area contributed by atoms with Crippen LogP contribution in [-0.4, -0.2) is 0 Å². The van der Waals surface area contributed by atoms with Crippen molar-refractivity contribution in [3.63, 3.8) is 0 Å². The zero-order valence-corrected chi connectivity index (χ0v) is 18.2. The van der Waals surface area contributed by atoms with Gasteiger partial charge in [-0.3, -0.25) is 0 Å². The maximum Gasteiger partial charge on any atom is 4.00 e. The van der Waals surface area contributed by atoms with Gasteiger partial charge >= 0.3 is 21.7 Å². The van der Waals surface area contributed by atoms with Crippen LogP contribution in [0, 0.1) is 0 Å². The van der Waals surface area contributed by atoms with E-state index in [4.69, 9.17) is 0 Å². The van der Waals surface area contributed by atoms with Crippen molar-refractivity contribution < 1.29 is 42.1 Å². The molecule has 0 unspecified atom stereocenters. The van der Waals surface area contributed by atoms with E-state index in [0.717, 1.165) is 25.7 Å². The van der Waals surface area contributed by atoms with Crippen molar-refractivity contribution in [2.45, 2.75) is 79.1 Å². The molecule has 0 aliphatic heterocycles. The standard InChI is InChI=1S/4C5H10O.Ti/c4*1-3-4-5(2)6;/h4*6H,2-4H2,1H3;/q;;;;+4/p-4. The van der Waals surface area contributed by atoms with Crippen molar-refractivity contribution in [3.05, 3.63) is 49.4 Å². The Morgan fingerprint density at radius 2 is 0.600 bits per heavy atom. The molecule has 0 aliphatic carbocycles. The van der Waals surface area contributed by atoms with Crippen molar-refractivity contribution in [2.75, 3.05) is 0 Å². The van der Waals surface area contributed by atoms with Gasteiger partial charge in [-0.2, -0.15) is 0 Å². The van der Waals surface area contributed by atoms with Gasteiger partial charge in [-0.15, -0.1) is 49.4 Å². The van der Waals surface area contributed by atoms with Crippen LogP contribution in [0.3, 0.4) is 0 Å². The Hall–Kier alpha value is -1.13. The fourth-order valence-electron chi connectivity index (χ4n) is 1.12. The first-order valence-electron chi connectivity index (χ1n) is 8.47. The first-order chi connectivity index (χ1) is 11.1. The van der Waals surface area contributed by atoms with Gasteiger partial charge in [-0.25, -0.2) is 0 Å². The first-order valence-corrected chi connectivity index (χ1v) is 8.47. The molecule has 0 aliphatic rings. The smallest absolute Gasteiger partial charge is 0.876 e. The van der Waals surface area contributed by atoms with Crippen LogP contribution in [0.15, 0.2) is 49.4 Å². The van der Waals surface area contributed by atoms with Crippen molar-refractivity contribution >= 4 is 0 Å². The molecular weight excluding hydrogens is 352 g/mol. The quantitative estimate of drug-likeness (QED) is 0.472. The molecule has 5 heteroatoms. The fourth-order valence-corrected chi connectivity index (χ4v) is 1.12. The maximum atomic E-state index is 9.93. The second-order valence-corrected chi connectivity index (χ2v) is 5.15. The molecule has 4 nitrogen and oxygen atoms in total. The van der Waals surface area contributed by atoms with Gasteiger partial charge in [-0.05, 0) is 25.7 Å². The van der Waals surface area contributed by atoms with Gasteiger partial charge in [-0.1, -0.05) is 53.4 Å². The minimum Gasteiger partial charge on any atom is -0.876 e. The molecule has 0 amide bonds. The van der Waals surface area contributed by atoms with Crippen LogP contribution < -0.4 is 20.4 Å². The van der Waals surface area contributed by atoms with E-state index < -0.39 is 0 Å². The summed E-state index contributed by atoms with van der Waals surface area (Å²) in [5.41, 5.74) is 0. The van der Waals surface area contributed by atoms with Crippen LogP contribution in [0.25, 0.3) is 0 Å². The van der Waals surface area contributed by atoms with Gasteiger partial charge in [0.1, 0.15) is 0 Å². The molecule has 0 heterocycles. The minimum absolute atomic E-state index is 0. The van der Waals surface area contributed by atoms with E-state index in [9.17, 15) is 20.4 Å². The Kier molecular flexibility index (Phi) is 43.1. The van der Waals surface area contributed by atoms with Gasteiger partial charge in [0.25, 0.3) is 0 Å². The summed E-state index contributed by atoms with van der Waals surface area (Å²) in [6, 6.07) is 0. The predicted molar refractivity (Wildman–Crippen MR) is 96.2 cm³/mol. The Bertz CT molecular complexity index is 262. The molecule has 0 saturated heterocycles. The third-order valence-corrected chi connectivity index (χ3v) is 2.12. The van der Waals surface area contributed by atoms with Gasteiger partial charge in [0.05, 0.1) is 0 Å². The van der Waals surface area contributed by atoms with Crippen LogP contribution in [0.2, 0.25) is 0 Å². The van der Waals surface area contributed by atoms with Crippen LogP contribution in [0.5, 0.6) is 0 Å². The zero-order valence-electron chi connectivity index (χ0n) is 16.6. The SMILES string of the molecule is C=C([O-])CCC.C=C([O-])CCC.C=C([O-])CCC.C=C([O-])CCC.[Ti+4]. The maximum absolute atomic E-state index is 9.93. The Labute approximate surface area is 170 Å². The molecule has 0 aromatic carbocycles. The second-order valence-electron chi connectivity index (χ2n) is 5.15. The predicted octanol–water partition coefficient (Wildman–Crippen LogP) is 2.64. The average Bonchev–Trinajstić information content (AvgIpc) is 2.39. The molecule has 25 heavy (non-hydrogen) atoms. The number of rotatable bonds is 8. The number of hydrogen-bond acceptors (Lipinski definition) is 4. The van der Waals surface area contributed by atoms with Gasteiger partial charge in [0, 0.05) is 0 Å². The normalized spacial score (nSPS) is 7.84. The van der Waals surface area contributed by atoms with Crippen molar-refractivity contribution in [1.29, 1.82) is 0 Å². The van der Waals surface area contributed by atoms with E-state index in [1.807, 2.05) is 27.7 Å². The summed E-state index contributed by atoms with van der Waals surface area (Å²) in [6.07, 6.45) is 6.18. The van der Waals surface area contributed by atoms with Crippen LogP contribution in [0.1, 0.15) is 79.1 Å². The molecular formula is C20H36O4Ti. The van der Waals surface area contributed by atoms with Gasteiger partial charge in [0.2, 0.25) is 0 Å². The molecule has 0 N–H and O–H groups in total. The third-order valence-electron chi connectivity index (χ3n) is 2.12. The van der Waals surface area contributed by atoms with E-state index >= 15 is 0 Å². The van der Waals surface area contributed by atoms with E-state index in [2.05, 4.69) is 26.3 Å². The molecule has 0 spiro atoms. The molecule has 0 rings (SSSR count). The Morgan fingerprint density at radius 1 is 0.480 bits per heavy atom. The fraction of sp³-hybridized carbons (Fsp3) is 0.600. The summed E-state index contributed by atoms with van der Waals surface area (Å²) in [5.74, 6) is 0.157. The summed E-state index contributed by atoms with van der Waals surface area (Å²) >= 11 is 0. The molecule has 0 atom stereocenters. The monoisotopic (exact) mass is 388 g/mol. The van der Waals surface area contributed by atoms with Crippen LogP contribution >= 0.6 is 0 Å². The van der Waals surface area contributed by atoms with Crippen molar-refractivity contribution in [3.8, 4) is 0 Å². The molecule has 0 bridgehead atoms. The molecule has 0 aromatic heterocycles. The largest absolute Gasteiger partial charge is 4.00 e. The number of hydrogen-bond donors (Lipinski definition) is 0. The Balaban J connectivity index is -0.0000000702. The summed E-state index contributed by atoms with van der Waals surface area (Å²) in [6.45, 7) is 20.6. The summed E-state index contributed by atoms with van der Waals surface area (Å²) in [7, 11) is 0. The van der Waals surface area contributed by atoms with Gasteiger partial charge in [0.15, 0.2) is 0 Å². The first kappa shape index (κ1) is 35.1. The zero-order chi connectivity index (χ0) is 20.0. The summed E-state index contributed by atoms with van der Waals surface area (Å²) < 4.78 is 0. The average molecular weight is 388 g/mol. The summed E-state index contributed by atoms with van der Waals surface area (Å²) in [4.78, 5) is 0. The molecule has 0 saturated carbocycles. The second kappa shape index (κ2) is 30.7. The van der Waals surface area contributed by atoms with Crippen molar-refractivity contribution in [2.24, 2.45) is 0 Å². The number of allylic oxidation sites excluding steroid dienone is 4. The minimum atomic E-state index is 0. The third kappa shape index (κ3) is 84.3. The molecule has 0 radical (unpaired) electrons. The van der Waals surface area contributed by atoms with E-state index in [0.29, 0.717) is 25.7 Å². The molecule has 0 fully saturated rings. The molecule has 144 valence electrons. The van der Waals surface area contributed by atoms with E-state index in [1.165, 1.54) is 0 Å². The molecule has 0 aromatic rings. The summed E-state index contributed by atoms with van der Waals surface area (Å²) in [5, 5.41) is 39.7. The van der Waals surface area contributed by atoms with E-state index in [1.54, 1.807) is 0 Å². The van der Waals surface area contributed by atoms with Crippen LogP contribution in [-0.2, 0) is 21.7 Å². The topological polar surface area (TPSA) is 92.2 Å². The van der Waals surface area contributed by atoms with Gasteiger partial charge < -0.3 is 20.4 Å². The Morgan fingerprint density at radius 3 is 0.600 bits per heavy atom. The van der Waals surface area contributed by atoms with Crippen molar-refractivity contribution in [1.82, 2.24) is 0 Å². The van der Waals surface area contributed by atoms with Crippen LogP contribution in [0.4, 0.5) is 0 Å². The van der Waals surface area contributed by atoms with E-state index in [-0.39, 0.29) is 44.8 Å².